The number of methoxy groups -OCH3 is 1. The third-order valence-electron chi connectivity index (χ3n) is 3.71. The van der Waals surface area contributed by atoms with E-state index in [-0.39, 0.29) is 11.7 Å². The lowest BCUT2D eigenvalue weighted by Gasteiger charge is -2.11. The molecule has 0 aliphatic carbocycles. The Balaban J connectivity index is 2.16. The molecule has 1 amide bonds. The maximum absolute atomic E-state index is 12.4. The highest BCUT2D eigenvalue weighted by Crippen LogP contribution is 2.19. The molecule has 7 nitrogen and oxygen atoms in total. The predicted molar refractivity (Wildman–Crippen MR) is 100.0 cm³/mol. The molecule has 138 valence electrons. The summed E-state index contributed by atoms with van der Waals surface area (Å²) in [4.78, 5) is 24.0. The Morgan fingerprint density at radius 2 is 1.65 bits per heavy atom. The van der Waals surface area contributed by atoms with Gasteiger partial charge in [-0.2, -0.15) is 0 Å². The summed E-state index contributed by atoms with van der Waals surface area (Å²) >= 11 is 0. The molecule has 0 aromatic heterocycles. The Morgan fingerprint density at radius 3 is 2.23 bits per heavy atom. The minimum atomic E-state index is -3.37. The summed E-state index contributed by atoms with van der Waals surface area (Å²) in [7, 11) is -2.08. The van der Waals surface area contributed by atoms with Crippen molar-refractivity contribution in [1.29, 1.82) is 0 Å². The van der Waals surface area contributed by atoms with Crippen LogP contribution < -0.4 is 10.0 Å². The molecular formula is C18H20N2O5S. The predicted octanol–water partition coefficient (Wildman–Crippen LogP) is 2.80. The summed E-state index contributed by atoms with van der Waals surface area (Å²) in [5.74, 6) is -0.904. The van der Waals surface area contributed by atoms with Gasteiger partial charge in [0.25, 0.3) is 5.91 Å². The van der Waals surface area contributed by atoms with Gasteiger partial charge in [-0.15, -0.1) is 0 Å². The summed E-state index contributed by atoms with van der Waals surface area (Å²) in [6.45, 7) is 3.34. The SMILES string of the molecule is CCS(=O)(=O)Nc1ccc(C(=O)Nc2cc(C(=O)OC)ccc2C)cc1. The summed E-state index contributed by atoms with van der Waals surface area (Å²) in [5.41, 5.74) is 2.35. The van der Waals surface area contributed by atoms with E-state index in [1.54, 1.807) is 25.1 Å². The van der Waals surface area contributed by atoms with E-state index >= 15 is 0 Å². The number of carbonyl (C=O) groups excluding carboxylic acids is 2. The second-order valence-electron chi connectivity index (χ2n) is 5.56. The molecule has 0 spiro atoms. The van der Waals surface area contributed by atoms with E-state index in [9.17, 15) is 18.0 Å². The molecule has 8 heteroatoms. The third kappa shape index (κ3) is 4.82. The van der Waals surface area contributed by atoms with Crippen LogP contribution in [-0.2, 0) is 14.8 Å². The first kappa shape index (κ1) is 19.5. The third-order valence-corrected chi connectivity index (χ3v) is 5.01. The van der Waals surface area contributed by atoms with Gasteiger partial charge in [-0.3, -0.25) is 9.52 Å². The molecule has 0 bridgehead atoms. The van der Waals surface area contributed by atoms with Crippen molar-refractivity contribution in [3.8, 4) is 0 Å². The molecule has 2 aromatic rings. The first-order valence-electron chi connectivity index (χ1n) is 7.86. The molecule has 0 radical (unpaired) electrons. The fourth-order valence-corrected chi connectivity index (χ4v) is 2.78. The monoisotopic (exact) mass is 376 g/mol. The minimum Gasteiger partial charge on any atom is -0.465 e. The van der Waals surface area contributed by atoms with Crippen LogP contribution in [0.5, 0.6) is 0 Å². The normalized spacial score (nSPS) is 10.9. The molecule has 0 aliphatic heterocycles. The zero-order valence-corrected chi connectivity index (χ0v) is 15.5. The van der Waals surface area contributed by atoms with Crippen LogP contribution in [0.1, 0.15) is 33.2 Å². The summed E-state index contributed by atoms with van der Waals surface area (Å²) in [6, 6.07) is 10.9. The number of hydrogen-bond acceptors (Lipinski definition) is 5. The Hall–Kier alpha value is -2.87. The number of amides is 1. The Kier molecular flexibility index (Phi) is 5.99. The molecule has 0 saturated heterocycles. The molecular weight excluding hydrogens is 356 g/mol. The average Bonchev–Trinajstić information content (AvgIpc) is 2.63. The second kappa shape index (κ2) is 8.01. The van der Waals surface area contributed by atoms with Crippen molar-refractivity contribution < 1.29 is 22.7 Å². The van der Waals surface area contributed by atoms with Crippen LogP contribution in [0.25, 0.3) is 0 Å². The largest absolute Gasteiger partial charge is 0.465 e. The van der Waals surface area contributed by atoms with Crippen LogP contribution in [-0.4, -0.2) is 33.2 Å². The van der Waals surface area contributed by atoms with Gasteiger partial charge in [-0.25, -0.2) is 13.2 Å². The van der Waals surface area contributed by atoms with E-state index in [0.29, 0.717) is 22.5 Å². The molecule has 0 unspecified atom stereocenters. The van der Waals surface area contributed by atoms with Crippen molar-refractivity contribution in [1.82, 2.24) is 0 Å². The molecule has 0 saturated carbocycles. The lowest BCUT2D eigenvalue weighted by Crippen LogP contribution is -2.16. The van der Waals surface area contributed by atoms with Gasteiger partial charge in [0.05, 0.1) is 18.4 Å². The number of rotatable bonds is 6. The van der Waals surface area contributed by atoms with Crippen molar-refractivity contribution >= 4 is 33.3 Å². The Morgan fingerprint density at radius 1 is 1.04 bits per heavy atom. The van der Waals surface area contributed by atoms with E-state index < -0.39 is 16.0 Å². The van der Waals surface area contributed by atoms with Gasteiger partial charge in [0, 0.05) is 16.9 Å². The van der Waals surface area contributed by atoms with Gasteiger partial charge in [0.15, 0.2) is 0 Å². The van der Waals surface area contributed by atoms with Crippen LogP contribution in [0, 0.1) is 6.92 Å². The highest BCUT2D eigenvalue weighted by atomic mass is 32.2. The Labute approximate surface area is 152 Å². The topological polar surface area (TPSA) is 102 Å². The van der Waals surface area contributed by atoms with Crippen LogP contribution in [0.15, 0.2) is 42.5 Å². The maximum atomic E-state index is 12.4. The number of esters is 1. The van der Waals surface area contributed by atoms with Crippen molar-refractivity contribution in [3.63, 3.8) is 0 Å². The average molecular weight is 376 g/mol. The number of benzene rings is 2. The van der Waals surface area contributed by atoms with Gasteiger partial charge < -0.3 is 10.1 Å². The van der Waals surface area contributed by atoms with Crippen molar-refractivity contribution in [2.24, 2.45) is 0 Å². The van der Waals surface area contributed by atoms with E-state index in [1.165, 1.54) is 38.3 Å². The van der Waals surface area contributed by atoms with Gasteiger partial charge >= 0.3 is 5.97 Å². The quantitative estimate of drug-likeness (QED) is 0.755. The van der Waals surface area contributed by atoms with Crippen LogP contribution in [0.2, 0.25) is 0 Å². The van der Waals surface area contributed by atoms with Gasteiger partial charge in [0.1, 0.15) is 0 Å². The molecule has 0 heterocycles. The van der Waals surface area contributed by atoms with Gasteiger partial charge in [-0.05, 0) is 55.8 Å². The lowest BCUT2D eigenvalue weighted by atomic mass is 10.1. The first-order valence-corrected chi connectivity index (χ1v) is 9.52. The zero-order chi connectivity index (χ0) is 19.3. The highest BCUT2D eigenvalue weighted by Gasteiger charge is 2.12. The maximum Gasteiger partial charge on any atom is 0.337 e. The van der Waals surface area contributed by atoms with Gasteiger partial charge in [0.2, 0.25) is 10.0 Å². The fraction of sp³-hybridized carbons (Fsp3) is 0.222. The lowest BCUT2D eigenvalue weighted by molar-refractivity contribution is 0.0600. The molecule has 2 rings (SSSR count). The number of nitrogens with one attached hydrogen (secondary N) is 2. The highest BCUT2D eigenvalue weighted by molar-refractivity contribution is 7.92. The van der Waals surface area contributed by atoms with Crippen molar-refractivity contribution in [2.45, 2.75) is 13.8 Å². The van der Waals surface area contributed by atoms with Crippen LogP contribution in [0.3, 0.4) is 0 Å². The van der Waals surface area contributed by atoms with E-state index in [1.807, 2.05) is 0 Å². The molecule has 26 heavy (non-hydrogen) atoms. The fourth-order valence-electron chi connectivity index (χ4n) is 2.14. The van der Waals surface area contributed by atoms with Crippen molar-refractivity contribution in [3.05, 3.63) is 59.2 Å². The molecule has 2 N–H and O–H groups in total. The molecule has 0 atom stereocenters. The Bertz CT molecular complexity index is 921. The number of aryl methyl sites for hydroxylation is 1. The number of ether oxygens (including phenoxy) is 1. The molecule has 0 fully saturated rings. The number of sulfonamides is 1. The van der Waals surface area contributed by atoms with E-state index in [0.717, 1.165) is 5.56 Å². The number of carbonyl (C=O) groups is 2. The summed E-state index contributed by atoms with van der Waals surface area (Å²) in [6.07, 6.45) is 0. The van der Waals surface area contributed by atoms with E-state index in [2.05, 4.69) is 14.8 Å². The molecule has 2 aromatic carbocycles. The number of anilines is 2. The van der Waals surface area contributed by atoms with Crippen molar-refractivity contribution in [2.75, 3.05) is 22.9 Å². The first-order chi connectivity index (χ1) is 12.3. The van der Waals surface area contributed by atoms with Crippen LogP contribution >= 0.6 is 0 Å². The zero-order valence-electron chi connectivity index (χ0n) is 14.7. The minimum absolute atomic E-state index is 0.0367. The molecule has 0 aliphatic rings. The second-order valence-corrected chi connectivity index (χ2v) is 7.57. The van der Waals surface area contributed by atoms with Gasteiger partial charge in [-0.1, -0.05) is 6.07 Å². The number of hydrogen-bond donors (Lipinski definition) is 2. The van der Waals surface area contributed by atoms with E-state index in [4.69, 9.17) is 0 Å². The van der Waals surface area contributed by atoms with Crippen LogP contribution in [0.4, 0.5) is 11.4 Å². The standard InChI is InChI=1S/C18H20N2O5S/c1-4-26(23,24)20-15-9-7-13(8-10-15)17(21)19-16-11-14(18(22)25-3)6-5-12(16)2/h5-11,20H,4H2,1-3H3,(H,19,21). The summed E-state index contributed by atoms with van der Waals surface area (Å²) in [5, 5.41) is 2.74. The smallest absolute Gasteiger partial charge is 0.337 e. The summed E-state index contributed by atoms with van der Waals surface area (Å²) < 4.78 is 30.2.